The monoisotopic (exact) mass is 467 g/mol. The van der Waals surface area contributed by atoms with Gasteiger partial charge in [-0.3, -0.25) is 14.6 Å². The van der Waals surface area contributed by atoms with Gasteiger partial charge in [-0.25, -0.2) is 4.98 Å². The van der Waals surface area contributed by atoms with Crippen LogP contribution in [0.2, 0.25) is 0 Å². The molecule has 0 saturated carbocycles. The molecule has 2 N–H and O–H groups in total. The fourth-order valence-electron chi connectivity index (χ4n) is 3.95. The molecule has 1 amide bonds. The topological polar surface area (TPSA) is 88.9 Å². The highest BCUT2D eigenvalue weighted by molar-refractivity contribution is 6.06. The molecule has 0 aliphatic carbocycles. The highest BCUT2D eigenvalue weighted by Crippen LogP contribution is 2.28. The average Bonchev–Trinajstić information content (AvgIpc) is 2.87. The summed E-state index contributed by atoms with van der Waals surface area (Å²) < 4.78 is 1.50. The number of nitrogens with one attached hydrogen (secondary N) is 2. The zero-order valence-corrected chi connectivity index (χ0v) is 20.2. The molecule has 0 spiro atoms. The summed E-state index contributed by atoms with van der Waals surface area (Å²) in [5, 5.41) is 6.16. The Morgan fingerprint density at radius 1 is 1.03 bits per heavy atom. The quantitative estimate of drug-likeness (QED) is 0.358. The van der Waals surface area contributed by atoms with Gasteiger partial charge in [0.25, 0.3) is 11.5 Å². The molecule has 2 heterocycles. The van der Waals surface area contributed by atoms with E-state index in [4.69, 9.17) is 0 Å². The number of carbonyl (C=O) groups is 1. The van der Waals surface area contributed by atoms with E-state index in [1.807, 2.05) is 49.4 Å². The first-order valence-electron chi connectivity index (χ1n) is 11.7. The molecule has 7 nitrogen and oxygen atoms in total. The van der Waals surface area contributed by atoms with Gasteiger partial charge >= 0.3 is 0 Å². The lowest BCUT2D eigenvalue weighted by atomic mass is 10.0. The zero-order chi connectivity index (χ0) is 24.8. The third kappa shape index (κ3) is 5.46. The number of hydrogen-bond acceptors (Lipinski definition) is 5. The first-order chi connectivity index (χ1) is 17.0. The molecule has 0 fully saturated rings. The van der Waals surface area contributed by atoms with Crippen molar-refractivity contribution in [1.29, 1.82) is 0 Å². The summed E-state index contributed by atoms with van der Waals surface area (Å²) in [5.74, 6) is 0.0836. The van der Waals surface area contributed by atoms with Crippen molar-refractivity contribution >= 4 is 23.1 Å². The number of aromatic nitrogens is 3. The highest BCUT2D eigenvalue weighted by atomic mass is 16.1. The Bertz CT molecular complexity index is 1400. The van der Waals surface area contributed by atoms with Crippen molar-refractivity contribution in [1.82, 2.24) is 14.5 Å². The van der Waals surface area contributed by atoms with Gasteiger partial charge in [0, 0.05) is 48.1 Å². The van der Waals surface area contributed by atoms with Crippen LogP contribution in [0, 0.1) is 6.92 Å². The van der Waals surface area contributed by atoms with Crippen molar-refractivity contribution in [3.8, 4) is 11.3 Å². The van der Waals surface area contributed by atoms with Crippen molar-refractivity contribution < 1.29 is 4.79 Å². The van der Waals surface area contributed by atoms with Crippen LogP contribution in [0.25, 0.3) is 11.3 Å². The fraction of sp³-hybridized carbons (Fsp3) is 0.214. The third-order valence-electron chi connectivity index (χ3n) is 5.93. The summed E-state index contributed by atoms with van der Waals surface area (Å²) >= 11 is 0. The largest absolute Gasteiger partial charge is 0.335 e. The number of pyridine rings is 1. The Morgan fingerprint density at radius 2 is 1.80 bits per heavy atom. The van der Waals surface area contributed by atoms with E-state index in [0.717, 1.165) is 41.6 Å². The lowest BCUT2D eigenvalue weighted by Crippen LogP contribution is -2.21. The summed E-state index contributed by atoms with van der Waals surface area (Å²) in [6, 6.07) is 17.0. The second-order valence-electron chi connectivity index (χ2n) is 8.44. The normalized spacial score (nSPS) is 10.7. The van der Waals surface area contributed by atoms with Crippen molar-refractivity contribution in [3.05, 3.63) is 100 Å². The molecular weight excluding hydrogens is 438 g/mol. The number of nitrogens with zero attached hydrogens (tertiary/aromatic N) is 3. The summed E-state index contributed by atoms with van der Waals surface area (Å²) in [6.07, 6.45) is 7.97. The summed E-state index contributed by atoms with van der Waals surface area (Å²) in [5.41, 5.74) is 5.25. The van der Waals surface area contributed by atoms with E-state index in [9.17, 15) is 9.59 Å². The third-order valence-corrected chi connectivity index (χ3v) is 5.93. The molecule has 178 valence electrons. The predicted molar refractivity (Wildman–Crippen MR) is 140 cm³/mol. The van der Waals surface area contributed by atoms with E-state index >= 15 is 0 Å². The maximum Gasteiger partial charge on any atom is 0.293 e. The van der Waals surface area contributed by atoms with Crippen LogP contribution in [0.1, 0.15) is 41.3 Å². The highest BCUT2D eigenvalue weighted by Gasteiger charge is 2.16. The number of aryl methyl sites for hydroxylation is 2. The fourth-order valence-corrected chi connectivity index (χ4v) is 3.95. The average molecular weight is 468 g/mol. The minimum absolute atomic E-state index is 0.134. The van der Waals surface area contributed by atoms with Gasteiger partial charge in [0.2, 0.25) is 0 Å². The molecule has 7 heteroatoms. The second-order valence-corrected chi connectivity index (χ2v) is 8.44. The van der Waals surface area contributed by atoms with E-state index in [1.54, 1.807) is 37.8 Å². The molecular formula is C28H29N5O2. The van der Waals surface area contributed by atoms with Crippen molar-refractivity contribution in [2.45, 2.75) is 33.1 Å². The first-order valence-corrected chi connectivity index (χ1v) is 11.7. The number of unbranched alkanes of at least 4 members (excludes halogenated alkanes) is 1. The molecule has 0 unspecified atom stereocenters. The Labute approximate surface area is 204 Å². The van der Waals surface area contributed by atoms with Crippen molar-refractivity contribution in [3.63, 3.8) is 0 Å². The van der Waals surface area contributed by atoms with E-state index in [1.165, 1.54) is 4.57 Å². The second kappa shape index (κ2) is 10.8. The molecule has 4 aromatic rings. The van der Waals surface area contributed by atoms with E-state index < -0.39 is 0 Å². The minimum Gasteiger partial charge on any atom is -0.335 e. The molecule has 2 aromatic heterocycles. The van der Waals surface area contributed by atoms with Gasteiger partial charge in [0.05, 0.1) is 5.69 Å². The van der Waals surface area contributed by atoms with Gasteiger partial charge in [-0.15, -0.1) is 0 Å². The number of benzene rings is 2. The van der Waals surface area contributed by atoms with Crippen LogP contribution in [0.15, 0.2) is 78.0 Å². The Balaban J connectivity index is 1.65. The molecule has 0 aliphatic heterocycles. The van der Waals surface area contributed by atoms with Gasteiger partial charge in [0.1, 0.15) is 0 Å². The van der Waals surface area contributed by atoms with Crippen LogP contribution in [0.4, 0.5) is 17.2 Å². The minimum atomic E-state index is -0.239. The van der Waals surface area contributed by atoms with Gasteiger partial charge in [-0.2, -0.15) is 0 Å². The van der Waals surface area contributed by atoms with E-state index in [0.29, 0.717) is 16.9 Å². The number of hydrogen-bond donors (Lipinski definition) is 2. The Morgan fingerprint density at radius 3 is 2.57 bits per heavy atom. The van der Waals surface area contributed by atoms with Gasteiger partial charge in [-0.1, -0.05) is 43.7 Å². The maximum atomic E-state index is 13.2. The smallest absolute Gasteiger partial charge is 0.293 e. The number of carbonyl (C=O) groups excluding carboxylic acids is 1. The van der Waals surface area contributed by atoms with Crippen LogP contribution in [0.3, 0.4) is 0 Å². The maximum absolute atomic E-state index is 13.2. The van der Waals surface area contributed by atoms with Crippen molar-refractivity contribution in [2.24, 2.45) is 7.05 Å². The van der Waals surface area contributed by atoms with Crippen LogP contribution in [-0.2, 0) is 13.5 Å². The van der Waals surface area contributed by atoms with E-state index in [2.05, 4.69) is 27.5 Å². The molecule has 2 aromatic carbocycles. The summed E-state index contributed by atoms with van der Waals surface area (Å²) in [7, 11) is 1.69. The predicted octanol–water partition coefficient (Wildman–Crippen LogP) is 5.49. The van der Waals surface area contributed by atoms with Crippen molar-refractivity contribution in [2.75, 3.05) is 10.6 Å². The molecule has 0 atom stereocenters. The Kier molecular flexibility index (Phi) is 7.35. The molecule has 35 heavy (non-hydrogen) atoms. The summed E-state index contributed by atoms with van der Waals surface area (Å²) in [6.45, 7) is 4.08. The van der Waals surface area contributed by atoms with Gasteiger partial charge in [-0.05, 0) is 55.2 Å². The van der Waals surface area contributed by atoms with Gasteiger partial charge < -0.3 is 15.2 Å². The Hall–Kier alpha value is -4.26. The van der Waals surface area contributed by atoms with Gasteiger partial charge in [0.15, 0.2) is 5.82 Å². The molecule has 0 radical (unpaired) electrons. The molecule has 0 saturated heterocycles. The number of rotatable bonds is 8. The number of anilines is 3. The van der Waals surface area contributed by atoms with Crippen LogP contribution in [0.5, 0.6) is 0 Å². The zero-order valence-electron chi connectivity index (χ0n) is 20.2. The molecule has 4 rings (SSSR count). The van der Waals surface area contributed by atoms with Crippen LogP contribution >= 0.6 is 0 Å². The lowest BCUT2D eigenvalue weighted by molar-refractivity contribution is 0.102. The van der Waals surface area contributed by atoms with Crippen LogP contribution in [-0.4, -0.2) is 20.4 Å². The SMILES string of the molecule is CCCCc1ccccc1C(=O)Nc1cccc(-c2cn(C)c(=O)c(Nc3ccncc3)n2)c1C. The number of amides is 1. The first kappa shape index (κ1) is 23.9. The standard InChI is InChI=1S/C28H29N5O2/c1-4-5-9-20-10-6-7-11-23(20)27(34)32-24-13-8-12-22(19(24)2)25-18-33(3)28(35)26(31-25)30-21-14-16-29-17-15-21/h6-8,10-18H,4-5,9H2,1-3H3,(H,32,34)(H,29,30,31). The molecule has 0 aliphatic rings. The van der Waals surface area contributed by atoms with E-state index in [-0.39, 0.29) is 17.3 Å². The summed E-state index contributed by atoms with van der Waals surface area (Å²) in [4.78, 5) is 34.5. The lowest BCUT2D eigenvalue weighted by Gasteiger charge is -2.15. The molecule has 0 bridgehead atoms. The van der Waals surface area contributed by atoms with Crippen LogP contribution < -0.4 is 16.2 Å².